The van der Waals surface area contributed by atoms with Gasteiger partial charge in [0.1, 0.15) is 5.75 Å². The fourth-order valence-electron chi connectivity index (χ4n) is 2.58. The van der Waals surface area contributed by atoms with Crippen molar-refractivity contribution in [3.05, 3.63) is 28.2 Å². The summed E-state index contributed by atoms with van der Waals surface area (Å²) in [5, 5.41) is 0. The second kappa shape index (κ2) is 8.62. The van der Waals surface area contributed by atoms with Gasteiger partial charge in [-0.05, 0) is 31.7 Å². The van der Waals surface area contributed by atoms with Crippen LogP contribution in [0.3, 0.4) is 0 Å². The van der Waals surface area contributed by atoms with Crippen molar-refractivity contribution in [1.29, 1.82) is 0 Å². The molecule has 0 bridgehead atoms. The van der Waals surface area contributed by atoms with E-state index in [4.69, 9.17) is 15.2 Å². The minimum Gasteiger partial charge on any atom is -0.496 e. The van der Waals surface area contributed by atoms with E-state index in [9.17, 15) is 0 Å². The van der Waals surface area contributed by atoms with Crippen molar-refractivity contribution in [2.45, 2.75) is 25.9 Å². The average molecular weight is 345 g/mol. The number of halogens is 1. The van der Waals surface area contributed by atoms with Crippen LogP contribution in [-0.4, -0.2) is 44.9 Å². The summed E-state index contributed by atoms with van der Waals surface area (Å²) in [7, 11) is 3.41. The zero-order valence-corrected chi connectivity index (χ0v) is 14.3. The molecule has 4 nitrogen and oxygen atoms in total. The quantitative estimate of drug-likeness (QED) is 0.787. The van der Waals surface area contributed by atoms with Gasteiger partial charge in [0.2, 0.25) is 0 Å². The topological polar surface area (TPSA) is 47.7 Å². The molecule has 20 heavy (non-hydrogen) atoms. The zero-order valence-electron chi connectivity index (χ0n) is 12.7. The molecule has 0 aliphatic carbocycles. The van der Waals surface area contributed by atoms with Gasteiger partial charge in [-0.15, -0.1) is 0 Å². The van der Waals surface area contributed by atoms with Crippen LogP contribution in [0, 0.1) is 0 Å². The number of benzene rings is 1. The third-order valence-electron chi connectivity index (χ3n) is 3.51. The molecule has 114 valence electrons. The molecule has 1 aromatic rings. The number of hydrogen-bond acceptors (Lipinski definition) is 4. The Morgan fingerprint density at radius 2 is 2.05 bits per heavy atom. The van der Waals surface area contributed by atoms with Gasteiger partial charge in [0.15, 0.2) is 0 Å². The van der Waals surface area contributed by atoms with Crippen LogP contribution in [0.25, 0.3) is 0 Å². The van der Waals surface area contributed by atoms with Crippen LogP contribution in [0.4, 0.5) is 0 Å². The van der Waals surface area contributed by atoms with Crippen molar-refractivity contribution in [3.8, 4) is 5.75 Å². The lowest BCUT2D eigenvalue weighted by Crippen LogP contribution is -2.42. The molecule has 1 aromatic carbocycles. The summed E-state index contributed by atoms with van der Waals surface area (Å²) in [6, 6.07) is 6.43. The fourth-order valence-corrected chi connectivity index (χ4v) is 2.96. The van der Waals surface area contributed by atoms with Crippen LogP contribution in [0.15, 0.2) is 22.7 Å². The molecule has 2 unspecified atom stereocenters. The lowest BCUT2D eigenvalue weighted by Gasteiger charge is -2.35. The van der Waals surface area contributed by atoms with E-state index < -0.39 is 0 Å². The normalized spacial score (nSPS) is 14.3. The molecule has 0 saturated heterocycles. The molecule has 0 aromatic heterocycles. The van der Waals surface area contributed by atoms with E-state index in [1.807, 2.05) is 12.1 Å². The van der Waals surface area contributed by atoms with Gasteiger partial charge in [-0.3, -0.25) is 4.90 Å². The van der Waals surface area contributed by atoms with E-state index in [0.717, 1.165) is 22.3 Å². The van der Waals surface area contributed by atoms with Gasteiger partial charge in [-0.2, -0.15) is 0 Å². The first kappa shape index (κ1) is 17.4. The van der Waals surface area contributed by atoms with Crippen molar-refractivity contribution < 1.29 is 9.47 Å². The SMILES string of the molecule is CCN(C(C)COC)C(CN)c1cc(Br)ccc1OC. The van der Waals surface area contributed by atoms with Crippen LogP contribution in [-0.2, 0) is 4.74 Å². The summed E-state index contributed by atoms with van der Waals surface area (Å²) >= 11 is 3.52. The molecule has 0 fully saturated rings. The standard InChI is InChI=1S/C15H25BrN2O2/c1-5-18(11(2)10-19-3)14(9-17)13-8-12(16)6-7-15(13)20-4/h6-8,11,14H,5,9-10,17H2,1-4H3. The van der Waals surface area contributed by atoms with Crippen molar-refractivity contribution in [2.24, 2.45) is 5.73 Å². The van der Waals surface area contributed by atoms with E-state index in [-0.39, 0.29) is 6.04 Å². The Kier molecular flexibility index (Phi) is 7.51. The molecule has 1 rings (SSSR count). The fraction of sp³-hybridized carbons (Fsp3) is 0.600. The maximum absolute atomic E-state index is 6.04. The highest BCUT2D eigenvalue weighted by Gasteiger charge is 2.25. The highest BCUT2D eigenvalue weighted by molar-refractivity contribution is 9.10. The molecule has 0 heterocycles. The predicted octanol–water partition coefficient (Wildman–Crippen LogP) is 2.81. The predicted molar refractivity (Wildman–Crippen MR) is 86.2 cm³/mol. The lowest BCUT2D eigenvalue weighted by atomic mass is 10.0. The molecule has 5 heteroatoms. The summed E-state index contributed by atoms with van der Waals surface area (Å²) in [6.45, 7) is 6.41. The molecule has 0 spiro atoms. The first-order valence-corrected chi connectivity index (χ1v) is 7.66. The Hall–Kier alpha value is -0.620. The van der Waals surface area contributed by atoms with Crippen molar-refractivity contribution in [2.75, 3.05) is 33.9 Å². The largest absolute Gasteiger partial charge is 0.496 e. The number of nitrogens with zero attached hydrogens (tertiary/aromatic N) is 1. The number of hydrogen-bond donors (Lipinski definition) is 1. The number of methoxy groups -OCH3 is 2. The average Bonchev–Trinajstić information content (AvgIpc) is 2.44. The van der Waals surface area contributed by atoms with Crippen molar-refractivity contribution in [1.82, 2.24) is 4.90 Å². The van der Waals surface area contributed by atoms with E-state index in [0.29, 0.717) is 19.2 Å². The molecule has 0 aliphatic heterocycles. The van der Waals surface area contributed by atoms with Crippen LogP contribution >= 0.6 is 15.9 Å². The lowest BCUT2D eigenvalue weighted by molar-refractivity contribution is 0.0743. The zero-order chi connectivity index (χ0) is 15.1. The Morgan fingerprint density at radius 1 is 1.35 bits per heavy atom. The van der Waals surface area contributed by atoms with Crippen LogP contribution < -0.4 is 10.5 Å². The maximum Gasteiger partial charge on any atom is 0.123 e. The third-order valence-corrected chi connectivity index (χ3v) is 4.01. The summed E-state index contributed by atoms with van der Waals surface area (Å²) in [4.78, 5) is 2.34. The molecular weight excluding hydrogens is 320 g/mol. The molecule has 0 aliphatic rings. The minimum atomic E-state index is 0.109. The minimum absolute atomic E-state index is 0.109. The van der Waals surface area contributed by atoms with Gasteiger partial charge >= 0.3 is 0 Å². The summed E-state index contributed by atoms with van der Waals surface area (Å²) in [5.74, 6) is 0.867. The second-order valence-electron chi connectivity index (χ2n) is 4.77. The molecular formula is C15H25BrN2O2. The first-order valence-electron chi connectivity index (χ1n) is 6.87. The number of rotatable bonds is 8. The highest BCUT2D eigenvalue weighted by Crippen LogP contribution is 2.32. The monoisotopic (exact) mass is 344 g/mol. The number of nitrogens with two attached hydrogens (primary N) is 1. The van der Waals surface area contributed by atoms with E-state index in [1.54, 1.807) is 14.2 Å². The van der Waals surface area contributed by atoms with Crippen LogP contribution in [0.2, 0.25) is 0 Å². The Balaban J connectivity index is 3.13. The highest BCUT2D eigenvalue weighted by atomic mass is 79.9. The summed E-state index contributed by atoms with van der Waals surface area (Å²) < 4.78 is 11.8. The molecule has 0 amide bonds. The summed E-state index contributed by atoms with van der Waals surface area (Å²) in [5.41, 5.74) is 7.14. The molecule has 2 N–H and O–H groups in total. The Labute approximate surface area is 130 Å². The second-order valence-corrected chi connectivity index (χ2v) is 5.69. The van der Waals surface area contributed by atoms with E-state index in [2.05, 4.69) is 40.7 Å². The van der Waals surface area contributed by atoms with E-state index in [1.165, 1.54) is 0 Å². The van der Waals surface area contributed by atoms with Crippen LogP contribution in [0.5, 0.6) is 5.75 Å². The smallest absolute Gasteiger partial charge is 0.123 e. The van der Waals surface area contributed by atoms with Gasteiger partial charge < -0.3 is 15.2 Å². The van der Waals surface area contributed by atoms with Gasteiger partial charge in [-0.1, -0.05) is 22.9 Å². The van der Waals surface area contributed by atoms with Gasteiger partial charge in [0.05, 0.1) is 19.8 Å². The van der Waals surface area contributed by atoms with Crippen molar-refractivity contribution in [3.63, 3.8) is 0 Å². The Morgan fingerprint density at radius 3 is 2.55 bits per heavy atom. The molecule has 0 radical (unpaired) electrons. The molecule has 0 saturated carbocycles. The third kappa shape index (κ3) is 4.19. The van der Waals surface area contributed by atoms with Gasteiger partial charge in [0.25, 0.3) is 0 Å². The maximum atomic E-state index is 6.04. The number of ether oxygens (including phenoxy) is 2. The van der Waals surface area contributed by atoms with Gasteiger partial charge in [-0.25, -0.2) is 0 Å². The first-order chi connectivity index (χ1) is 9.58. The molecule has 2 atom stereocenters. The van der Waals surface area contributed by atoms with Crippen LogP contribution in [0.1, 0.15) is 25.5 Å². The van der Waals surface area contributed by atoms with E-state index >= 15 is 0 Å². The van der Waals surface area contributed by atoms with Crippen molar-refractivity contribution >= 4 is 15.9 Å². The number of likely N-dealkylation sites (N-methyl/N-ethyl adjacent to an activating group) is 1. The van der Waals surface area contributed by atoms with Gasteiger partial charge in [0, 0.05) is 29.7 Å². The Bertz CT molecular complexity index is 415. The summed E-state index contributed by atoms with van der Waals surface area (Å²) in [6.07, 6.45) is 0.